The van der Waals surface area contributed by atoms with Gasteiger partial charge in [-0.3, -0.25) is 0 Å². The minimum Gasteiger partial charge on any atom is -0.395 e. The van der Waals surface area contributed by atoms with E-state index < -0.39 is 0 Å². The first kappa shape index (κ1) is 12.0. The third-order valence-electron chi connectivity index (χ3n) is 3.85. The van der Waals surface area contributed by atoms with Gasteiger partial charge in [-0.1, -0.05) is 13.8 Å². The molecule has 0 aliphatic heterocycles. The number of nitrogen functional groups attached to an aromatic ring is 1. The van der Waals surface area contributed by atoms with E-state index in [1.807, 2.05) is 4.52 Å². The summed E-state index contributed by atoms with van der Waals surface area (Å²) in [6.07, 6.45) is 1.88. The first-order valence-electron chi connectivity index (χ1n) is 6.28. The van der Waals surface area contributed by atoms with Crippen LogP contribution in [0.5, 0.6) is 0 Å². The van der Waals surface area contributed by atoms with Crippen LogP contribution in [0.3, 0.4) is 0 Å². The summed E-state index contributed by atoms with van der Waals surface area (Å²) in [6.45, 7) is 10.7. The number of hydrogen-bond donors (Lipinski definition) is 1. The van der Waals surface area contributed by atoms with Crippen LogP contribution in [-0.2, 0) is 12.8 Å². The van der Waals surface area contributed by atoms with Crippen molar-refractivity contribution >= 4 is 11.2 Å². The molecule has 0 unspecified atom stereocenters. The Hall–Kier alpha value is -1.51. The average molecular weight is 231 g/mol. The van der Waals surface area contributed by atoms with Gasteiger partial charge in [0, 0.05) is 5.69 Å². The summed E-state index contributed by atoms with van der Waals surface area (Å²) in [7, 11) is 0. The lowest BCUT2D eigenvalue weighted by atomic mass is 9.99. The topological polar surface area (TPSA) is 43.3 Å². The molecule has 0 aliphatic rings. The Morgan fingerprint density at radius 3 is 2.24 bits per heavy atom. The predicted molar refractivity (Wildman–Crippen MR) is 72.6 cm³/mol. The van der Waals surface area contributed by atoms with Crippen LogP contribution in [0.4, 0.5) is 5.69 Å². The number of aryl methyl sites for hydroxylation is 3. The second kappa shape index (κ2) is 4.06. The van der Waals surface area contributed by atoms with Gasteiger partial charge >= 0.3 is 0 Å². The molecule has 17 heavy (non-hydrogen) atoms. The molecule has 0 fully saturated rings. The number of hydrogen-bond acceptors (Lipinski definition) is 2. The van der Waals surface area contributed by atoms with Crippen molar-refractivity contribution in [3.05, 3.63) is 28.1 Å². The molecule has 2 heterocycles. The van der Waals surface area contributed by atoms with Crippen LogP contribution in [0.15, 0.2) is 0 Å². The van der Waals surface area contributed by atoms with Crippen LogP contribution < -0.4 is 5.73 Å². The summed E-state index contributed by atoms with van der Waals surface area (Å²) >= 11 is 0. The van der Waals surface area contributed by atoms with Crippen molar-refractivity contribution in [3.8, 4) is 0 Å². The summed E-state index contributed by atoms with van der Waals surface area (Å²) in [4.78, 5) is 0. The Morgan fingerprint density at radius 1 is 1.06 bits per heavy atom. The Labute approximate surface area is 103 Å². The van der Waals surface area contributed by atoms with E-state index in [1.165, 1.54) is 22.4 Å². The number of pyridine rings is 1. The van der Waals surface area contributed by atoms with Gasteiger partial charge in [-0.25, -0.2) is 4.52 Å². The summed E-state index contributed by atoms with van der Waals surface area (Å²) in [6, 6.07) is 0. The van der Waals surface area contributed by atoms with Gasteiger partial charge in [0.25, 0.3) is 0 Å². The van der Waals surface area contributed by atoms with Gasteiger partial charge in [-0.15, -0.1) is 0 Å². The van der Waals surface area contributed by atoms with Gasteiger partial charge in [0.2, 0.25) is 0 Å². The lowest BCUT2D eigenvalue weighted by Crippen LogP contribution is -2.04. The van der Waals surface area contributed by atoms with Gasteiger partial charge in [-0.2, -0.15) is 5.10 Å². The van der Waals surface area contributed by atoms with Crippen LogP contribution in [0.1, 0.15) is 41.9 Å². The molecule has 3 nitrogen and oxygen atoms in total. The highest BCUT2D eigenvalue weighted by Crippen LogP contribution is 2.29. The van der Waals surface area contributed by atoms with Crippen molar-refractivity contribution in [3.63, 3.8) is 0 Å². The van der Waals surface area contributed by atoms with E-state index in [0.29, 0.717) is 0 Å². The second-order valence-electron chi connectivity index (χ2n) is 4.64. The number of rotatable bonds is 2. The third kappa shape index (κ3) is 1.53. The molecular formula is C14H21N3. The molecule has 0 atom stereocenters. The van der Waals surface area contributed by atoms with Crippen molar-refractivity contribution in [2.75, 3.05) is 5.73 Å². The Kier molecular flexibility index (Phi) is 2.86. The summed E-state index contributed by atoms with van der Waals surface area (Å²) < 4.78 is 2.02. The molecule has 0 saturated heterocycles. The fourth-order valence-electron chi connectivity index (χ4n) is 2.54. The normalized spacial score (nSPS) is 11.4. The summed E-state index contributed by atoms with van der Waals surface area (Å²) in [5.74, 6) is 0. The van der Waals surface area contributed by atoms with Gasteiger partial charge in [-0.05, 0) is 50.3 Å². The minimum atomic E-state index is 0.857. The molecule has 0 aliphatic carbocycles. The zero-order valence-electron chi connectivity index (χ0n) is 11.4. The molecule has 0 spiro atoms. The summed E-state index contributed by atoms with van der Waals surface area (Å²) in [5.41, 5.74) is 14.4. The maximum absolute atomic E-state index is 6.23. The number of nitrogens with two attached hydrogens (primary N) is 1. The van der Waals surface area contributed by atoms with E-state index >= 15 is 0 Å². The molecule has 0 amide bonds. The predicted octanol–water partition coefficient (Wildman–Crippen LogP) is 2.97. The van der Waals surface area contributed by atoms with E-state index in [9.17, 15) is 0 Å². The molecule has 0 bridgehead atoms. The molecule has 92 valence electrons. The second-order valence-corrected chi connectivity index (χ2v) is 4.64. The van der Waals surface area contributed by atoms with Crippen LogP contribution in [-0.4, -0.2) is 9.61 Å². The number of aromatic nitrogens is 2. The van der Waals surface area contributed by atoms with Crippen molar-refractivity contribution < 1.29 is 0 Å². The Morgan fingerprint density at radius 2 is 1.71 bits per heavy atom. The molecule has 0 saturated carbocycles. The van der Waals surface area contributed by atoms with E-state index in [2.05, 4.69) is 39.7 Å². The van der Waals surface area contributed by atoms with Crippen LogP contribution in [0, 0.1) is 20.8 Å². The SMILES string of the molecule is CCc1nn2c(C)c(C)c(C)c(CC)c2c1N. The van der Waals surface area contributed by atoms with Gasteiger partial charge in [0.1, 0.15) is 0 Å². The lowest BCUT2D eigenvalue weighted by molar-refractivity contribution is 0.848. The molecule has 2 aromatic rings. The fraction of sp³-hybridized carbons (Fsp3) is 0.500. The smallest absolute Gasteiger partial charge is 0.0932 e. The van der Waals surface area contributed by atoms with Gasteiger partial charge in [0.05, 0.1) is 16.9 Å². The zero-order chi connectivity index (χ0) is 12.7. The monoisotopic (exact) mass is 231 g/mol. The first-order chi connectivity index (χ1) is 8.02. The lowest BCUT2D eigenvalue weighted by Gasteiger charge is -2.13. The Balaban J connectivity index is 2.99. The number of nitrogens with zero attached hydrogens (tertiary/aromatic N) is 2. The number of anilines is 1. The maximum Gasteiger partial charge on any atom is 0.0932 e. The quantitative estimate of drug-likeness (QED) is 0.863. The molecular weight excluding hydrogens is 210 g/mol. The van der Waals surface area contributed by atoms with E-state index in [1.54, 1.807) is 0 Å². The van der Waals surface area contributed by atoms with Crippen LogP contribution >= 0.6 is 0 Å². The van der Waals surface area contributed by atoms with Crippen LogP contribution in [0.25, 0.3) is 5.52 Å². The average Bonchev–Trinajstić information content (AvgIpc) is 2.65. The molecule has 3 heteroatoms. The standard InChI is InChI=1S/C14H21N3/c1-6-11-9(4)8(3)10(5)17-14(11)13(15)12(7-2)16-17/h6-7,15H2,1-5H3. The number of fused-ring (bicyclic) bond motifs is 1. The molecule has 2 rings (SSSR count). The van der Waals surface area contributed by atoms with Crippen molar-refractivity contribution in [1.29, 1.82) is 0 Å². The third-order valence-corrected chi connectivity index (χ3v) is 3.85. The zero-order valence-corrected chi connectivity index (χ0v) is 11.4. The van der Waals surface area contributed by atoms with Crippen molar-refractivity contribution in [2.45, 2.75) is 47.5 Å². The maximum atomic E-state index is 6.23. The highest BCUT2D eigenvalue weighted by molar-refractivity contribution is 5.78. The Bertz CT molecular complexity index is 579. The van der Waals surface area contributed by atoms with E-state index in [4.69, 9.17) is 5.73 Å². The van der Waals surface area contributed by atoms with E-state index in [-0.39, 0.29) is 0 Å². The van der Waals surface area contributed by atoms with Crippen molar-refractivity contribution in [2.24, 2.45) is 0 Å². The first-order valence-corrected chi connectivity index (χ1v) is 6.28. The summed E-state index contributed by atoms with van der Waals surface area (Å²) in [5, 5.41) is 4.63. The minimum absolute atomic E-state index is 0.857. The highest BCUT2D eigenvalue weighted by atomic mass is 15.2. The molecule has 2 N–H and O–H groups in total. The van der Waals surface area contributed by atoms with E-state index in [0.717, 1.165) is 29.7 Å². The fourth-order valence-corrected chi connectivity index (χ4v) is 2.54. The molecule has 0 aromatic carbocycles. The van der Waals surface area contributed by atoms with Gasteiger partial charge < -0.3 is 5.73 Å². The molecule has 2 aromatic heterocycles. The highest BCUT2D eigenvalue weighted by Gasteiger charge is 2.17. The largest absolute Gasteiger partial charge is 0.395 e. The van der Waals surface area contributed by atoms with Gasteiger partial charge in [0.15, 0.2) is 0 Å². The molecule has 0 radical (unpaired) electrons. The van der Waals surface area contributed by atoms with Crippen LogP contribution in [0.2, 0.25) is 0 Å². The van der Waals surface area contributed by atoms with Crippen molar-refractivity contribution in [1.82, 2.24) is 9.61 Å².